The predicted molar refractivity (Wildman–Crippen MR) is 108 cm³/mol. The minimum absolute atomic E-state index is 0.00833. The van der Waals surface area contributed by atoms with Crippen molar-refractivity contribution in [2.24, 2.45) is 0 Å². The van der Waals surface area contributed by atoms with Gasteiger partial charge in [0.2, 0.25) is 5.91 Å². The van der Waals surface area contributed by atoms with E-state index in [4.69, 9.17) is 5.73 Å². The van der Waals surface area contributed by atoms with Gasteiger partial charge in [-0.2, -0.15) is 0 Å². The Kier molecular flexibility index (Phi) is 4.90. The molecule has 0 atom stereocenters. The first kappa shape index (κ1) is 18.5. The number of carbonyl (C=O) groups is 1. The molecule has 0 saturated heterocycles. The highest BCUT2D eigenvalue weighted by Crippen LogP contribution is 2.25. The number of nitrogens with one attached hydrogen (secondary N) is 1. The Morgan fingerprint density at radius 2 is 2.03 bits per heavy atom. The summed E-state index contributed by atoms with van der Waals surface area (Å²) in [4.78, 5) is 24.3. The maximum Gasteiger partial charge on any atom is 0.224 e. The molecule has 0 unspecified atom stereocenters. The van der Waals surface area contributed by atoms with Gasteiger partial charge < -0.3 is 11.1 Å². The molecule has 7 nitrogen and oxygen atoms in total. The van der Waals surface area contributed by atoms with Crippen molar-refractivity contribution in [1.29, 1.82) is 0 Å². The Hall–Kier alpha value is -3.81. The van der Waals surface area contributed by atoms with Crippen molar-refractivity contribution in [3.63, 3.8) is 0 Å². The molecule has 0 aliphatic rings. The van der Waals surface area contributed by atoms with Crippen LogP contribution in [0.3, 0.4) is 0 Å². The molecule has 0 aliphatic heterocycles. The first-order chi connectivity index (χ1) is 14.0. The minimum atomic E-state index is -0.648. The van der Waals surface area contributed by atoms with Gasteiger partial charge in [0, 0.05) is 23.9 Å². The molecule has 1 amide bonds. The summed E-state index contributed by atoms with van der Waals surface area (Å²) in [5.74, 6) is -0.515. The highest BCUT2D eigenvalue weighted by Gasteiger charge is 2.11. The Morgan fingerprint density at radius 1 is 1.17 bits per heavy atom. The monoisotopic (exact) mass is 390 g/mol. The second-order valence-electron chi connectivity index (χ2n) is 6.54. The third kappa shape index (κ3) is 3.77. The number of hydrogen-bond acceptors (Lipinski definition) is 5. The summed E-state index contributed by atoms with van der Waals surface area (Å²) >= 11 is 0. The largest absolute Gasteiger partial charge is 0.381 e. The number of likely N-dealkylation sites (N-methyl/N-ethyl adjacent to an activating group) is 1. The molecule has 3 heterocycles. The van der Waals surface area contributed by atoms with Crippen LogP contribution in [0.5, 0.6) is 0 Å². The van der Waals surface area contributed by atoms with Gasteiger partial charge in [-0.3, -0.25) is 9.20 Å². The number of pyridine rings is 1. The van der Waals surface area contributed by atoms with Gasteiger partial charge in [0.15, 0.2) is 17.5 Å². The Bertz CT molecular complexity index is 1200. The van der Waals surface area contributed by atoms with Crippen LogP contribution < -0.4 is 11.1 Å². The second-order valence-corrected chi connectivity index (χ2v) is 6.54. The molecule has 146 valence electrons. The number of amides is 1. The molecule has 4 rings (SSSR count). The lowest BCUT2D eigenvalue weighted by Gasteiger charge is -2.07. The molecule has 0 aliphatic carbocycles. The van der Waals surface area contributed by atoms with Crippen molar-refractivity contribution in [3.8, 4) is 22.6 Å². The van der Waals surface area contributed by atoms with E-state index in [1.807, 2.05) is 53.9 Å². The molecule has 0 saturated carbocycles. The van der Waals surface area contributed by atoms with E-state index >= 15 is 0 Å². The number of hydrogen-bond donors (Lipinski definition) is 2. The normalized spacial score (nSPS) is 11.0. The number of imidazole rings is 1. The predicted octanol–water partition coefficient (Wildman–Crippen LogP) is 2.86. The number of halogens is 1. The highest BCUT2D eigenvalue weighted by molar-refractivity contribution is 5.79. The molecule has 3 aromatic heterocycles. The zero-order valence-corrected chi connectivity index (χ0v) is 15.8. The first-order valence-electron chi connectivity index (χ1n) is 9.16. The third-order valence-electron chi connectivity index (χ3n) is 4.50. The fraction of sp³-hybridized carbons (Fsp3) is 0.143. The van der Waals surface area contributed by atoms with E-state index in [9.17, 15) is 9.18 Å². The lowest BCUT2D eigenvalue weighted by Crippen LogP contribution is -2.24. The van der Waals surface area contributed by atoms with E-state index in [2.05, 4.69) is 20.3 Å². The number of carbonyl (C=O) groups excluding carboxylic acids is 1. The van der Waals surface area contributed by atoms with Crippen molar-refractivity contribution < 1.29 is 9.18 Å². The van der Waals surface area contributed by atoms with Gasteiger partial charge in [0.25, 0.3) is 0 Å². The van der Waals surface area contributed by atoms with Crippen molar-refractivity contribution in [2.75, 3.05) is 12.3 Å². The van der Waals surface area contributed by atoms with Gasteiger partial charge in [-0.25, -0.2) is 19.3 Å². The van der Waals surface area contributed by atoms with Crippen LogP contribution in [0.4, 0.5) is 10.2 Å². The molecule has 1 aromatic carbocycles. The summed E-state index contributed by atoms with van der Waals surface area (Å²) in [6, 6.07) is 11.4. The summed E-state index contributed by atoms with van der Waals surface area (Å²) in [6.45, 7) is 2.50. The fourth-order valence-corrected chi connectivity index (χ4v) is 3.14. The Labute approximate surface area is 166 Å². The van der Waals surface area contributed by atoms with Crippen LogP contribution in [0.1, 0.15) is 12.5 Å². The SMILES string of the molecule is CCNC(=O)Cc1cccc(-c2cnc3cc(-c4ncc(F)c(N)n4)ccn23)c1. The molecule has 0 spiro atoms. The third-order valence-corrected chi connectivity index (χ3v) is 4.50. The number of fused-ring (bicyclic) bond motifs is 1. The van der Waals surface area contributed by atoms with E-state index in [1.54, 1.807) is 6.20 Å². The van der Waals surface area contributed by atoms with Gasteiger partial charge in [0.05, 0.1) is 24.5 Å². The maximum absolute atomic E-state index is 13.3. The summed E-state index contributed by atoms with van der Waals surface area (Å²) in [5.41, 5.74) is 9.69. The van der Waals surface area contributed by atoms with Crippen LogP contribution in [0.15, 0.2) is 55.0 Å². The first-order valence-corrected chi connectivity index (χ1v) is 9.16. The van der Waals surface area contributed by atoms with Gasteiger partial charge >= 0.3 is 0 Å². The molecule has 29 heavy (non-hydrogen) atoms. The van der Waals surface area contributed by atoms with Crippen LogP contribution >= 0.6 is 0 Å². The lowest BCUT2D eigenvalue weighted by atomic mass is 10.1. The fourth-order valence-electron chi connectivity index (χ4n) is 3.14. The van der Waals surface area contributed by atoms with E-state index in [-0.39, 0.29) is 11.7 Å². The number of nitrogens with zero attached hydrogens (tertiary/aromatic N) is 4. The average molecular weight is 390 g/mol. The molecule has 8 heteroatoms. The van der Waals surface area contributed by atoms with E-state index in [1.165, 1.54) is 0 Å². The van der Waals surface area contributed by atoms with E-state index in [0.29, 0.717) is 30.0 Å². The maximum atomic E-state index is 13.3. The quantitative estimate of drug-likeness (QED) is 0.546. The lowest BCUT2D eigenvalue weighted by molar-refractivity contribution is -0.120. The topological polar surface area (TPSA) is 98.2 Å². The highest BCUT2D eigenvalue weighted by atomic mass is 19.1. The zero-order chi connectivity index (χ0) is 20.4. The molecule has 0 radical (unpaired) electrons. The zero-order valence-electron chi connectivity index (χ0n) is 15.8. The molecular weight excluding hydrogens is 371 g/mol. The molecule has 0 fully saturated rings. The molecule has 0 bridgehead atoms. The van der Waals surface area contributed by atoms with Crippen LogP contribution in [0.2, 0.25) is 0 Å². The van der Waals surface area contributed by atoms with Crippen molar-refractivity contribution in [2.45, 2.75) is 13.3 Å². The number of anilines is 1. The minimum Gasteiger partial charge on any atom is -0.381 e. The van der Waals surface area contributed by atoms with E-state index < -0.39 is 5.82 Å². The number of nitrogen functional groups attached to an aromatic ring is 1. The van der Waals surface area contributed by atoms with Gasteiger partial charge in [-0.1, -0.05) is 18.2 Å². The Balaban J connectivity index is 1.67. The van der Waals surface area contributed by atoms with Crippen LogP contribution in [0, 0.1) is 5.82 Å². The van der Waals surface area contributed by atoms with Gasteiger partial charge in [0.1, 0.15) is 5.65 Å². The average Bonchev–Trinajstić information content (AvgIpc) is 3.13. The summed E-state index contributed by atoms with van der Waals surface area (Å²) in [7, 11) is 0. The summed E-state index contributed by atoms with van der Waals surface area (Å²) in [6.07, 6.45) is 5.00. The standard InChI is InChI=1S/C21H19FN6O/c1-2-24-19(29)9-13-4-3-5-14(8-13)17-12-25-18-10-15(6-7-28(17)18)21-26-11-16(22)20(23)27-21/h3-8,10-12H,2,9H2,1H3,(H,24,29)(H2,23,26,27). The van der Waals surface area contributed by atoms with Crippen molar-refractivity contribution >= 4 is 17.4 Å². The molecule has 3 N–H and O–H groups in total. The summed E-state index contributed by atoms with van der Waals surface area (Å²) < 4.78 is 15.3. The van der Waals surface area contributed by atoms with Crippen LogP contribution in [0.25, 0.3) is 28.3 Å². The van der Waals surface area contributed by atoms with Crippen LogP contribution in [-0.4, -0.2) is 31.8 Å². The number of aromatic nitrogens is 4. The number of benzene rings is 1. The molecule has 4 aromatic rings. The number of rotatable bonds is 5. The summed E-state index contributed by atoms with van der Waals surface area (Å²) in [5, 5.41) is 2.81. The Morgan fingerprint density at radius 3 is 2.83 bits per heavy atom. The van der Waals surface area contributed by atoms with E-state index in [0.717, 1.165) is 23.0 Å². The van der Waals surface area contributed by atoms with Crippen molar-refractivity contribution in [1.82, 2.24) is 24.7 Å². The molecular formula is C21H19FN6O. The number of nitrogens with two attached hydrogens (primary N) is 1. The van der Waals surface area contributed by atoms with Crippen LogP contribution in [-0.2, 0) is 11.2 Å². The second kappa shape index (κ2) is 7.67. The smallest absolute Gasteiger partial charge is 0.224 e. The van der Waals surface area contributed by atoms with Gasteiger partial charge in [-0.15, -0.1) is 0 Å². The van der Waals surface area contributed by atoms with Gasteiger partial charge in [-0.05, 0) is 30.7 Å². The van der Waals surface area contributed by atoms with Crippen molar-refractivity contribution in [3.05, 3.63) is 66.4 Å².